The Morgan fingerprint density at radius 1 is 1.02 bits per heavy atom. The summed E-state index contributed by atoms with van der Waals surface area (Å²) in [6.07, 6.45) is -4.18. The number of carbonyl (C=O) groups is 3. The first-order chi connectivity index (χ1) is 19.7. The molecule has 0 bridgehead atoms. The molecule has 43 heavy (non-hydrogen) atoms. The number of carboxylic acids is 2. The topological polar surface area (TPSA) is 132 Å². The van der Waals surface area contributed by atoms with E-state index in [9.17, 15) is 31.1 Å². The number of fused-ring (bicyclic) bond motifs is 1. The number of alkyl halides is 6. The maximum absolute atomic E-state index is 13.4. The third-order valence-electron chi connectivity index (χ3n) is 7.00. The molecule has 17 heteroatoms. The van der Waals surface area contributed by atoms with Crippen molar-refractivity contribution in [1.29, 1.82) is 0 Å². The number of aromatic nitrogens is 2. The molecule has 1 amide bonds. The van der Waals surface area contributed by atoms with Crippen LogP contribution in [0.4, 0.5) is 26.3 Å². The van der Waals surface area contributed by atoms with Gasteiger partial charge in [0.25, 0.3) is 0 Å². The molecule has 242 valence electrons. The first-order valence-electron chi connectivity index (χ1n) is 13.0. The third-order valence-corrected chi connectivity index (χ3v) is 7.00. The molecule has 2 aromatic rings. The zero-order valence-electron chi connectivity index (χ0n) is 24.1. The second-order valence-corrected chi connectivity index (χ2v) is 10.7. The van der Waals surface area contributed by atoms with Crippen LogP contribution < -0.4 is 0 Å². The van der Waals surface area contributed by atoms with Crippen molar-refractivity contribution in [3.05, 3.63) is 41.6 Å². The van der Waals surface area contributed by atoms with E-state index in [1.165, 1.54) is 5.56 Å². The molecule has 2 saturated heterocycles. The lowest BCUT2D eigenvalue weighted by molar-refractivity contribution is -0.193. The molecule has 11 nitrogen and oxygen atoms in total. The minimum atomic E-state index is -5.08. The van der Waals surface area contributed by atoms with Crippen LogP contribution in [0.25, 0.3) is 0 Å². The quantitative estimate of drug-likeness (QED) is 0.479. The molecule has 4 rings (SSSR count). The molecular formula is C26H35F6N5O6. The van der Waals surface area contributed by atoms with E-state index < -0.39 is 24.3 Å². The summed E-state index contributed by atoms with van der Waals surface area (Å²) in [5.41, 5.74) is 0.916. The molecule has 2 fully saturated rings. The number of aryl methyl sites for hydroxylation is 2. The lowest BCUT2D eigenvalue weighted by Gasteiger charge is -2.35. The Labute approximate surface area is 243 Å². The van der Waals surface area contributed by atoms with Crippen LogP contribution in [0.3, 0.4) is 0 Å². The Hall–Kier alpha value is -3.60. The Bertz CT molecular complexity index is 1220. The van der Waals surface area contributed by atoms with Gasteiger partial charge in [-0.2, -0.15) is 31.4 Å². The number of amides is 1. The normalized spacial score (nSPS) is 21.0. The number of aliphatic carboxylic acids is 2. The van der Waals surface area contributed by atoms with E-state index in [1.807, 2.05) is 45.0 Å². The van der Waals surface area contributed by atoms with Gasteiger partial charge < -0.3 is 19.5 Å². The van der Waals surface area contributed by atoms with Crippen LogP contribution in [0.15, 0.2) is 28.9 Å². The molecule has 0 aliphatic carbocycles. The number of hydrogen-bond acceptors (Lipinski definition) is 7. The molecule has 0 unspecified atom stereocenters. The number of halogens is 6. The van der Waals surface area contributed by atoms with Crippen molar-refractivity contribution in [1.82, 2.24) is 24.5 Å². The lowest BCUT2D eigenvalue weighted by atomic mass is 9.74. The number of hydrogen-bond donors (Lipinski definition) is 2. The summed E-state index contributed by atoms with van der Waals surface area (Å²) in [7, 11) is 5.74. The van der Waals surface area contributed by atoms with Crippen molar-refractivity contribution in [2.24, 2.45) is 18.4 Å². The molecule has 0 radical (unpaired) electrons. The van der Waals surface area contributed by atoms with Crippen molar-refractivity contribution in [2.45, 2.75) is 45.2 Å². The van der Waals surface area contributed by atoms with Crippen molar-refractivity contribution in [2.75, 3.05) is 40.3 Å². The number of carbonyl (C=O) groups excluding carboxylic acids is 1. The van der Waals surface area contributed by atoms with Crippen LogP contribution in [0.1, 0.15) is 29.9 Å². The number of rotatable bonds is 5. The fraction of sp³-hybridized carbons (Fsp3) is 0.615. The summed E-state index contributed by atoms with van der Waals surface area (Å²) in [4.78, 5) is 37.9. The van der Waals surface area contributed by atoms with Crippen LogP contribution in [-0.4, -0.2) is 105 Å². The zero-order valence-corrected chi connectivity index (χ0v) is 24.1. The molecule has 2 aliphatic rings. The summed E-state index contributed by atoms with van der Waals surface area (Å²) in [5, 5.41) is 18.6. The number of carboxylic acid groups (broad SMARTS) is 2. The predicted molar refractivity (Wildman–Crippen MR) is 138 cm³/mol. The summed E-state index contributed by atoms with van der Waals surface area (Å²) < 4.78 is 71.1. The highest BCUT2D eigenvalue weighted by molar-refractivity contribution is 5.83. The number of likely N-dealkylation sites (tertiary alicyclic amines) is 2. The summed E-state index contributed by atoms with van der Waals surface area (Å²) in [6.45, 7) is 7.38. The SMILES string of the molecule is Cc1ccc(CN2CCC[C@]3(C(=O)N(C)C)CN(Cc4cnn(C)c4)C[C@@H]3C2)o1.O=C(O)C(F)(F)F.O=C(O)C(F)(F)F. The molecular weight excluding hydrogens is 592 g/mol. The van der Waals surface area contributed by atoms with Gasteiger partial charge in [0.2, 0.25) is 5.91 Å². The van der Waals surface area contributed by atoms with Gasteiger partial charge in [0.15, 0.2) is 0 Å². The fourth-order valence-corrected chi connectivity index (χ4v) is 5.28. The molecule has 0 spiro atoms. The van der Waals surface area contributed by atoms with E-state index in [1.54, 1.807) is 4.90 Å². The van der Waals surface area contributed by atoms with Gasteiger partial charge >= 0.3 is 24.3 Å². The molecule has 2 aliphatic heterocycles. The first kappa shape index (κ1) is 35.6. The highest BCUT2D eigenvalue weighted by Gasteiger charge is 2.53. The van der Waals surface area contributed by atoms with E-state index in [0.717, 1.165) is 63.6 Å². The van der Waals surface area contributed by atoms with Gasteiger partial charge in [0, 0.05) is 59.1 Å². The largest absolute Gasteiger partial charge is 0.490 e. The maximum Gasteiger partial charge on any atom is 0.490 e. The molecule has 2 atom stereocenters. The van der Waals surface area contributed by atoms with Gasteiger partial charge in [-0.05, 0) is 44.4 Å². The molecule has 2 aromatic heterocycles. The van der Waals surface area contributed by atoms with Crippen molar-refractivity contribution < 1.29 is 55.4 Å². The average Bonchev–Trinajstić information content (AvgIpc) is 3.54. The first-order valence-corrected chi connectivity index (χ1v) is 13.0. The number of furan rings is 1. The van der Waals surface area contributed by atoms with Gasteiger partial charge in [-0.3, -0.25) is 19.3 Å². The van der Waals surface area contributed by atoms with Crippen LogP contribution in [-0.2, 0) is 34.5 Å². The summed E-state index contributed by atoms with van der Waals surface area (Å²) >= 11 is 0. The van der Waals surface area contributed by atoms with E-state index in [0.29, 0.717) is 5.92 Å². The van der Waals surface area contributed by atoms with E-state index in [4.69, 9.17) is 24.2 Å². The zero-order chi connectivity index (χ0) is 32.8. The maximum atomic E-state index is 13.4. The van der Waals surface area contributed by atoms with Crippen LogP contribution in [0, 0.1) is 18.3 Å². The monoisotopic (exact) mass is 627 g/mol. The standard InChI is InChI=1S/C22H33N5O2.2C2HF3O2/c1-17-6-7-20(29-17)15-26-9-5-8-22(21(28)24(2)3)16-27(14-19(22)13-26)12-18-10-23-25(4)11-18;2*3-2(4,5)1(6)7/h6-7,10-11,19H,5,8-9,12-16H2,1-4H3;2*(H,6,7)/t19-,22-;;/m0../s1. The van der Waals surface area contributed by atoms with Gasteiger partial charge in [-0.15, -0.1) is 0 Å². The second kappa shape index (κ2) is 14.2. The lowest BCUT2D eigenvalue weighted by Crippen LogP contribution is -2.47. The fourth-order valence-electron chi connectivity index (χ4n) is 5.28. The van der Waals surface area contributed by atoms with Crippen molar-refractivity contribution in [3.8, 4) is 0 Å². The Morgan fingerprint density at radius 3 is 2.02 bits per heavy atom. The molecule has 0 saturated carbocycles. The summed E-state index contributed by atoms with van der Waals surface area (Å²) in [5.74, 6) is -2.94. The van der Waals surface area contributed by atoms with Gasteiger partial charge in [-0.1, -0.05) is 0 Å². The minimum absolute atomic E-state index is 0.284. The smallest absolute Gasteiger partial charge is 0.475 e. The summed E-state index contributed by atoms with van der Waals surface area (Å²) in [6, 6.07) is 4.10. The van der Waals surface area contributed by atoms with E-state index >= 15 is 0 Å². The highest BCUT2D eigenvalue weighted by atomic mass is 19.4. The Balaban J connectivity index is 0.000000384. The van der Waals surface area contributed by atoms with E-state index in [2.05, 4.69) is 27.2 Å². The van der Waals surface area contributed by atoms with Crippen LogP contribution in [0.2, 0.25) is 0 Å². The Morgan fingerprint density at radius 2 is 1.58 bits per heavy atom. The van der Waals surface area contributed by atoms with Crippen molar-refractivity contribution >= 4 is 17.8 Å². The van der Waals surface area contributed by atoms with E-state index in [-0.39, 0.29) is 11.3 Å². The molecule has 4 heterocycles. The van der Waals surface area contributed by atoms with Gasteiger partial charge in [0.1, 0.15) is 11.5 Å². The predicted octanol–water partition coefficient (Wildman–Crippen LogP) is 3.39. The Kier molecular flexibility index (Phi) is 11.8. The van der Waals surface area contributed by atoms with Gasteiger partial charge in [-0.25, -0.2) is 9.59 Å². The highest BCUT2D eigenvalue weighted by Crippen LogP contribution is 2.44. The number of nitrogens with zero attached hydrogens (tertiary/aromatic N) is 5. The van der Waals surface area contributed by atoms with Gasteiger partial charge in [0.05, 0.1) is 18.2 Å². The average molecular weight is 628 g/mol. The second-order valence-electron chi connectivity index (χ2n) is 10.7. The molecule has 0 aromatic carbocycles. The molecule has 2 N–H and O–H groups in total. The minimum Gasteiger partial charge on any atom is -0.475 e. The van der Waals surface area contributed by atoms with Crippen molar-refractivity contribution in [3.63, 3.8) is 0 Å². The van der Waals surface area contributed by atoms with Crippen LogP contribution >= 0.6 is 0 Å². The van der Waals surface area contributed by atoms with Crippen LogP contribution in [0.5, 0.6) is 0 Å². The third kappa shape index (κ3) is 10.3.